The van der Waals surface area contributed by atoms with Crippen LogP contribution in [0.4, 0.5) is 9.52 Å². The minimum Gasteiger partial charge on any atom is -0.296 e. The lowest BCUT2D eigenvalue weighted by Crippen LogP contribution is -2.14. The zero-order valence-corrected chi connectivity index (χ0v) is 12.5. The molecule has 0 unspecified atom stereocenters. The van der Waals surface area contributed by atoms with Crippen LogP contribution in [0.5, 0.6) is 0 Å². The highest BCUT2D eigenvalue weighted by Crippen LogP contribution is 2.22. The number of hydrogen-bond acceptors (Lipinski definition) is 4. The van der Waals surface area contributed by atoms with Crippen LogP contribution >= 0.6 is 34.5 Å². The molecule has 1 aromatic carbocycles. The molecule has 1 aromatic heterocycles. The molecule has 0 aliphatic heterocycles. The van der Waals surface area contributed by atoms with Gasteiger partial charge >= 0.3 is 0 Å². The van der Waals surface area contributed by atoms with E-state index >= 15 is 0 Å². The quantitative estimate of drug-likeness (QED) is 0.847. The molecule has 2 aromatic rings. The number of hydrogen-bond donors (Lipinski definition) is 1. The number of nitrogens with one attached hydrogen (secondary N) is 1. The summed E-state index contributed by atoms with van der Waals surface area (Å²) in [6.45, 7) is 0. The molecule has 1 amide bonds. The Labute approximate surface area is 128 Å². The Hall–Kier alpha value is -1.24. The number of rotatable bonds is 5. The van der Waals surface area contributed by atoms with E-state index in [-0.39, 0.29) is 10.6 Å². The van der Waals surface area contributed by atoms with Gasteiger partial charge in [0.1, 0.15) is 10.8 Å². The number of alkyl halides is 1. The normalized spacial score (nSPS) is 10.6. The fourth-order valence-electron chi connectivity index (χ4n) is 1.50. The second-order valence-electron chi connectivity index (χ2n) is 3.84. The number of halogens is 3. The molecule has 0 atom stereocenters. The Morgan fingerprint density at radius 3 is 2.90 bits per heavy atom. The summed E-state index contributed by atoms with van der Waals surface area (Å²) in [5.74, 6) is -0.790. The van der Waals surface area contributed by atoms with Crippen molar-refractivity contribution in [2.75, 3.05) is 11.2 Å². The average molecular weight is 334 g/mol. The second kappa shape index (κ2) is 6.97. The second-order valence-corrected chi connectivity index (χ2v) is 5.69. The lowest BCUT2D eigenvalue weighted by molar-refractivity contribution is 0.102. The van der Waals surface area contributed by atoms with Gasteiger partial charge in [-0.1, -0.05) is 29.0 Å². The van der Waals surface area contributed by atoms with Crippen LogP contribution in [0.2, 0.25) is 5.02 Å². The van der Waals surface area contributed by atoms with Gasteiger partial charge < -0.3 is 0 Å². The standard InChI is InChI=1S/C12H10Cl2FN3OS/c13-6-2-5-9-17-18-12(20-9)16-11(19)10-7(14)3-1-4-8(10)15/h1,3-4H,2,5-6H2,(H,16,18,19). The lowest BCUT2D eigenvalue weighted by Gasteiger charge is -2.04. The van der Waals surface area contributed by atoms with E-state index in [1.807, 2.05) is 0 Å². The van der Waals surface area contributed by atoms with Crippen molar-refractivity contribution >= 4 is 45.6 Å². The van der Waals surface area contributed by atoms with Gasteiger partial charge in [0.2, 0.25) is 5.13 Å². The Bertz CT molecular complexity index is 600. The van der Waals surface area contributed by atoms with Crippen LogP contribution in [0.3, 0.4) is 0 Å². The number of carbonyl (C=O) groups is 1. The summed E-state index contributed by atoms with van der Waals surface area (Å²) in [6, 6.07) is 4.06. The molecular weight excluding hydrogens is 324 g/mol. The highest BCUT2D eigenvalue weighted by Gasteiger charge is 2.17. The first-order chi connectivity index (χ1) is 9.61. The number of aromatic nitrogens is 2. The third-order valence-electron chi connectivity index (χ3n) is 2.40. The minimum atomic E-state index is -0.679. The monoisotopic (exact) mass is 333 g/mol. The van der Waals surface area contributed by atoms with E-state index < -0.39 is 11.7 Å². The number of aryl methyl sites for hydroxylation is 1. The van der Waals surface area contributed by atoms with Crippen LogP contribution in [0, 0.1) is 5.82 Å². The summed E-state index contributed by atoms with van der Waals surface area (Å²) in [5, 5.41) is 11.3. The van der Waals surface area contributed by atoms with Crippen molar-refractivity contribution in [3.05, 3.63) is 39.6 Å². The molecule has 106 valence electrons. The summed E-state index contributed by atoms with van der Waals surface area (Å²) in [6.07, 6.45) is 1.47. The Morgan fingerprint density at radius 1 is 1.40 bits per heavy atom. The number of carbonyl (C=O) groups excluding carboxylic acids is 1. The van der Waals surface area contributed by atoms with Gasteiger partial charge in [-0.15, -0.1) is 21.8 Å². The predicted octanol–water partition coefficient (Wildman–Crippen LogP) is 3.75. The molecule has 0 saturated heterocycles. The average Bonchev–Trinajstić information content (AvgIpc) is 2.83. The highest BCUT2D eigenvalue weighted by molar-refractivity contribution is 7.15. The molecule has 0 saturated carbocycles. The number of benzene rings is 1. The first kappa shape index (κ1) is 15.2. The molecule has 0 aliphatic rings. The van der Waals surface area contributed by atoms with Crippen LogP contribution < -0.4 is 5.32 Å². The van der Waals surface area contributed by atoms with Crippen molar-refractivity contribution in [2.24, 2.45) is 0 Å². The van der Waals surface area contributed by atoms with Crippen molar-refractivity contribution in [2.45, 2.75) is 12.8 Å². The molecule has 0 aliphatic carbocycles. The first-order valence-electron chi connectivity index (χ1n) is 5.75. The maximum absolute atomic E-state index is 13.6. The van der Waals surface area contributed by atoms with E-state index in [2.05, 4.69) is 15.5 Å². The van der Waals surface area contributed by atoms with Crippen LogP contribution in [0.15, 0.2) is 18.2 Å². The largest absolute Gasteiger partial charge is 0.296 e. The van der Waals surface area contributed by atoms with Gasteiger partial charge in [0.05, 0.1) is 10.6 Å². The van der Waals surface area contributed by atoms with Crippen LogP contribution in [-0.4, -0.2) is 22.0 Å². The minimum absolute atomic E-state index is 0.0504. The summed E-state index contributed by atoms with van der Waals surface area (Å²) in [5.41, 5.74) is -0.202. The van der Waals surface area contributed by atoms with Crippen molar-refractivity contribution in [3.63, 3.8) is 0 Å². The number of amides is 1. The smallest absolute Gasteiger partial charge is 0.261 e. The molecule has 4 nitrogen and oxygen atoms in total. The van der Waals surface area contributed by atoms with E-state index in [4.69, 9.17) is 23.2 Å². The Kier molecular flexibility index (Phi) is 5.28. The van der Waals surface area contributed by atoms with Crippen molar-refractivity contribution in [1.29, 1.82) is 0 Å². The Balaban J connectivity index is 2.10. The molecule has 0 fully saturated rings. The topological polar surface area (TPSA) is 54.9 Å². The van der Waals surface area contributed by atoms with Gasteiger partial charge in [0.15, 0.2) is 0 Å². The van der Waals surface area contributed by atoms with Crippen LogP contribution in [-0.2, 0) is 6.42 Å². The Morgan fingerprint density at radius 2 is 2.20 bits per heavy atom. The highest BCUT2D eigenvalue weighted by atomic mass is 35.5. The van der Waals surface area contributed by atoms with Crippen molar-refractivity contribution < 1.29 is 9.18 Å². The van der Waals surface area contributed by atoms with E-state index in [1.54, 1.807) is 0 Å². The molecular formula is C12H10Cl2FN3OS. The van der Waals surface area contributed by atoms with Gasteiger partial charge in [0, 0.05) is 12.3 Å². The fourth-order valence-corrected chi connectivity index (χ4v) is 2.66. The summed E-state index contributed by atoms with van der Waals surface area (Å²) in [7, 11) is 0. The summed E-state index contributed by atoms with van der Waals surface area (Å²) in [4.78, 5) is 12.0. The zero-order chi connectivity index (χ0) is 14.5. The van der Waals surface area contributed by atoms with E-state index in [1.165, 1.54) is 29.5 Å². The molecule has 0 bridgehead atoms. The third-order valence-corrected chi connectivity index (χ3v) is 3.88. The summed E-state index contributed by atoms with van der Waals surface area (Å²) >= 11 is 12.6. The maximum atomic E-state index is 13.6. The van der Waals surface area contributed by atoms with E-state index in [9.17, 15) is 9.18 Å². The maximum Gasteiger partial charge on any atom is 0.261 e. The van der Waals surface area contributed by atoms with Crippen molar-refractivity contribution in [3.8, 4) is 0 Å². The van der Waals surface area contributed by atoms with Gasteiger partial charge in [-0.3, -0.25) is 10.1 Å². The van der Waals surface area contributed by atoms with E-state index in [0.717, 1.165) is 11.4 Å². The van der Waals surface area contributed by atoms with Crippen LogP contribution in [0.1, 0.15) is 21.8 Å². The predicted molar refractivity (Wildman–Crippen MR) is 78.3 cm³/mol. The number of anilines is 1. The molecule has 1 heterocycles. The number of nitrogens with zero attached hydrogens (tertiary/aromatic N) is 2. The molecule has 0 radical (unpaired) electrons. The molecule has 20 heavy (non-hydrogen) atoms. The van der Waals surface area contributed by atoms with Gasteiger partial charge in [-0.2, -0.15) is 0 Å². The summed E-state index contributed by atoms with van der Waals surface area (Å²) < 4.78 is 13.6. The first-order valence-corrected chi connectivity index (χ1v) is 7.48. The zero-order valence-electron chi connectivity index (χ0n) is 10.2. The molecule has 1 N–H and O–H groups in total. The van der Waals surface area contributed by atoms with Gasteiger partial charge in [0.25, 0.3) is 5.91 Å². The molecule has 2 rings (SSSR count). The van der Waals surface area contributed by atoms with Crippen molar-refractivity contribution in [1.82, 2.24) is 10.2 Å². The third kappa shape index (κ3) is 3.65. The van der Waals surface area contributed by atoms with Gasteiger partial charge in [-0.05, 0) is 18.6 Å². The van der Waals surface area contributed by atoms with E-state index in [0.29, 0.717) is 17.4 Å². The molecule has 0 spiro atoms. The SMILES string of the molecule is O=C(Nc1nnc(CCCCl)s1)c1c(F)cccc1Cl. The van der Waals surface area contributed by atoms with Crippen LogP contribution in [0.25, 0.3) is 0 Å². The lowest BCUT2D eigenvalue weighted by atomic mass is 10.2. The van der Waals surface area contributed by atoms with Gasteiger partial charge in [-0.25, -0.2) is 4.39 Å². The molecule has 8 heteroatoms. The fraction of sp³-hybridized carbons (Fsp3) is 0.250.